The van der Waals surface area contributed by atoms with Crippen molar-refractivity contribution < 1.29 is 19.9 Å². The van der Waals surface area contributed by atoms with Crippen LogP contribution in [0.3, 0.4) is 0 Å². The Balaban J connectivity index is 1.87. The van der Waals surface area contributed by atoms with Crippen LogP contribution in [0.5, 0.6) is 0 Å². The maximum Gasteiger partial charge on any atom is 0.451 e. The molecule has 2 unspecified atom stereocenters. The van der Waals surface area contributed by atoms with Crippen LogP contribution in [0.4, 0.5) is 0 Å². The lowest BCUT2D eigenvalue weighted by Crippen LogP contribution is -2.42. The fourth-order valence-corrected chi connectivity index (χ4v) is 3.51. The molecular weight excluding hydrogens is 259 g/mol. The predicted molar refractivity (Wildman–Crippen MR) is 76.3 cm³/mol. The summed E-state index contributed by atoms with van der Waals surface area (Å²) in [4.78, 5) is 13.7. The minimum Gasteiger partial charge on any atom is -0.481 e. The molecule has 0 bridgehead atoms. The van der Waals surface area contributed by atoms with Crippen molar-refractivity contribution in [2.24, 2.45) is 11.8 Å². The highest BCUT2D eigenvalue weighted by molar-refractivity contribution is 6.40. The van der Waals surface area contributed by atoms with E-state index in [1.54, 1.807) is 0 Å². The van der Waals surface area contributed by atoms with Crippen molar-refractivity contribution in [2.75, 3.05) is 26.2 Å². The zero-order valence-corrected chi connectivity index (χ0v) is 11.9. The molecule has 0 aliphatic carbocycles. The molecule has 0 aromatic rings. The maximum absolute atomic E-state index is 11.4. The Labute approximate surface area is 120 Å². The fraction of sp³-hybridized carbons (Fsp3) is 0.923. The summed E-state index contributed by atoms with van der Waals surface area (Å²) < 4.78 is 0. The summed E-state index contributed by atoms with van der Waals surface area (Å²) in [5.41, 5.74) is 0. The molecule has 6 nitrogen and oxygen atoms in total. The molecule has 20 heavy (non-hydrogen) atoms. The summed E-state index contributed by atoms with van der Waals surface area (Å²) in [5, 5.41) is 30.5. The average molecular weight is 284 g/mol. The lowest BCUT2D eigenvalue weighted by atomic mass is 9.80. The van der Waals surface area contributed by atoms with Crippen molar-refractivity contribution in [3.8, 4) is 0 Å². The number of aliphatic carboxylic acids is 1. The van der Waals surface area contributed by atoms with Crippen LogP contribution in [0.25, 0.3) is 0 Å². The molecule has 2 aliphatic rings. The van der Waals surface area contributed by atoms with E-state index < -0.39 is 13.1 Å². The second kappa shape index (κ2) is 7.40. The first-order valence-corrected chi connectivity index (χ1v) is 7.61. The normalized spacial score (nSPS) is 28.7. The van der Waals surface area contributed by atoms with E-state index in [1.165, 1.54) is 0 Å². The zero-order chi connectivity index (χ0) is 14.5. The summed E-state index contributed by atoms with van der Waals surface area (Å²) in [6.07, 6.45) is 3.95. The van der Waals surface area contributed by atoms with Crippen molar-refractivity contribution >= 4 is 13.1 Å². The van der Waals surface area contributed by atoms with Gasteiger partial charge < -0.3 is 20.5 Å². The molecule has 2 heterocycles. The Morgan fingerprint density at radius 2 is 1.95 bits per heavy atom. The first kappa shape index (κ1) is 15.8. The lowest BCUT2D eigenvalue weighted by Gasteiger charge is -2.31. The molecule has 0 spiro atoms. The van der Waals surface area contributed by atoms with Gasteiger partial charge in [-0.2, -0.15) is 0 Å². The van der Waals surface area contributed by atoms with Gasteiger partial charge in [-0.15, -0.1) is 0 Å². The van der Waals surface area contributed by atoms with Gasteiger partial charge in [0.25, 0.3) is 0 Å². The third-order valence-corrected chi connectivity index (χ3v) is 4.65. The molecule has 2 fully saturated rings. The average Bonchev–Trinajstić information content (AvgIpc) is 2.84. The van der Waals surface area contributed by atoms with Crippen LogP contribution in [0.15, 0.2) is 0 Å². The molecule has 0 saturated carbocycles. The Kier molecular flexibility index (Phi) is 5.83. The van der Waals surface area contributed by atoms with Crippen LogP contribution in [-0.2, 0) is 4.79 Å². The number of likely N-dealkylation sites (tertiary alicyclic amines) is 1. The quantitative estimate of drug-likeness (QED) is 0.497. The largest absolute Gasteiger partial charge is 0.481 e. The molecule has 0 aromatic heterocycles. The third-order valence-electron chi connectivity index (χ3n) is 4.65. The first-order chi connectivity index (χ1) is 9.58. The van der Waals surface area contributed by atoms with E-state index >= 15 is 0 Å². The number of rotatable bonds is 6. The van der Waals surface area contributed by atoms with Crippen LogP contribution in [0.2, 0.25) is 6.32 Å². The monoisotopic (exact) mass is 284 g/mol. The lowest BCUT2D eigenvalue weighted by molar-refractivity contribution is -0.142. The van der Waals surface area contributed by atoms with E-state index in [9.17, 15) is 9.90 Å². The van der Waals surface area contributed by atoms with Gasteiger partial charge >= 0.3 is 13.1 Å². The molecule has 114 valence electrons. The molecule has 0 aromatic carbocycles. The van der Waals surface area contributed by atoms with Crippen molar-refractivity contribution in [2.45, 2.75) is 38.0 Å². The van der Waals surface area contributed by atoms with Crippen LogP contribution in [0.1, 0.15) is 25.7 Å². The second-order valence-electron chi connectivity index (χ2n) is 6.05. The summed E-state index contributed by atoms with van der Waals surface area (Å²) in [6.45, 7) is 3.51. The van der Waals surface area contributed by atoms with Gasteiger partial charge in [0.1, 0.15) is 0 Å². The highest BCUT2D eigenvalue weighted by Gasteiger charge is 2.39. The van der Waals surface area contributed by atoms with Crippen LogP contribution in [-0.4, -0.2) is 65.4 Å². The molecular formula is C13H25BN2O4. The van der Waals surface area contributed by atoms with E-state index in [4.69, 9.17) is 10.0 Å². The molecule has 2 atom stereocenters. The van der Waals surface area contributed by atoms with Crippen molar-refractivity contribution in [1.29, 1.82) is 0 Å². The number of piperidine rings is 1. The van der Waals surface area contributed by atoms with Gasteiger partial charge in [-0.25, -0.2) is 0 Å². The van der Waals surface area contributed by atoms with Gasteiger partial charge in [0, 0.05) is 19.1 Å². The molecule has 2 rings (SSSR count). The highest BCUT2D eigenvalue weighted by atomic mass is 16.4. The summed E-state index contributed by atoms with van der Waals surface area (Å²) in [6, 6.07) is 0.506. The first-order valence-electron chi connectivity index (χ1n) is 7.61. The molecule has 2 aliphatic heterocycles. The number of carboxylic acids is 1. The SMILES string of the molecule is O=C(O)C1CN(C2CCNCC2)CC1CCCB(O)O. The standard InChI is InChI=1S/C13H25BN2O4/c17-13(18)12-9-16(11-3-6-15-7-4-11)8-10(12)2-1-5-14(19)20/h10-12,15,19-20H,1-9H2,(H,17,18). The second-order valence-corrected chi connectivity index (χ2v) is 6.05. The predicted octanol–water partition coefficient (Wildman–Crippen LogP) is -0.376. The fourth-order valence-electron chi connectivity index (χ4n) is 3.51. The number of hydrogen-bond donors (Lipinski definition) is 4. The number of carboxylic acid groups (broad SMARTS) is 1. The van der Waals surface area contributed by atoms with E-state index in [0.717, 1.165) is 38.9 Å². The minimum atomic E-state index is -1.28. The van der Waals surface area contributed by atoms with Crippen LogP contribution >= 0.6 is 0 Å². The van der Waals surface area contributed by atoms with Gasteiger partial charge in [0.05, 0.1) is 5.92 Å². The molecule has 2 saturated heterocycles. The van der Waals surface area contributed by atoms with Gasteiger partial charge in [0.2, 0.25) is 0 Å². The van der Waals surface area contributed by atoms with Crippen molar-refractivity contribution in [3.63, 3.8) is 0 Å². The Morgan fingerprint density at radius 3 is 2.55 bits per heavy atom. The number of hydrogen-bond acceptors (Lipinski definition) is 5. The highest BCUT2D eigenvalue weighted by Crippen LogP contribution is 2.31. The van der Waals surface area contributed by atoms with Crippen LogP contribution < -0.4 is 5.32 Å². The Morgan fingerprint density at radius 1 is 1.25 bits per heavy atom. The minimum absolute atomic E-state index is 0.140. The van der Waals surface area contributed by atoms with E-state index in [2.05, 4.69) is 10.2 Å². The van der Waals surface area contributed by atoms with Gasteiger partial charge in [0.15, 0.2) is 0 Å². The molecule has 0 radical (unpaired) electrons. The smallest absolute Gasteiger partial charge is 0.451 e. The van der Waals surface area contributed by atoms with E-state index in [-0.39, 0.29) is 11.8 Å². The number of carbonyl (C=O) groups is 1. The number of nitrogens with zero attached hydrogens (tertiary/aromatic N) is 1. The van der Waals surface area contributed by atoms with Gasteiger partial charge in [-0.1, -0.05) is 6.42 Å². The van der Waals surface area contributed by atoms with Gasteiger partial charge in [-0.05, 0) is 44.6 Å². The Hall–Kier alpha value is -0.625. The summed E-state index contributed by atoms with van der Waals surface area (Å²) in [7, 11) is -1.28. The van der Waals surface area contributed by atoms with Gasteiger partial charge in [-0.3, -0.25) is 9.69 Å². The molecule has 4 N–H and O–H groups in total. The van der Waals surface area contributed by atoms with Crippen molar-refractivity contribution in [3.05, 3.63) is 0 Å². The van der Waals surface area contributed by atoms with Crippen LogP contribution in [0, 0.1) is 11.8 Å². The topological polar surface area (TPSA) is 93.0 Å². The van der Waals surface area contributed by atoms with E-state index in [0.29, 0.717) is 25.3 Å². The summed E-state index contributed by atoms with van der Waals surface area (Å²) in [5.74, 6) is -0.877. The molecule has 7 heteroatoms. The van der Waals surface area contributed by atoms with Crippen molar-refractivity contribution in [1.82, 2.24) is 10.2 Å². The van der Waals surface area contributed by atoms with E-state index in [1.807, 2.05) is 0 Å². The zero-order valence-electron chi connectivity index (χ0n) is 11.9. The Bertz CT molecular complexity index is 323. The summed E-state index contributed by atoms with van der Waals surface area (Å²) >= 11 is 0. The maximum atomic E-state index is 11.4. The third kappa shape index (κ3) is 4.18. The molecule has 0 amide bonds. The number of nitrogens with one attached hydrogen (secondary N) is 1.